The summed E-state index contributed by atoms with van der Waals surface area (Å²) in [6.07, 6.45) is 1.01. The van der Waals surface area contributed by atoms with Gasteiger partial charge in [0, 0.05) is 37.6 Å². The topological polar surface area (TPSA) is 71.5 Å². The summed E-state index contributed by atoms with van der Waals surface area (Å²) >= 11 is 1.57. The van der Waals surface area contributed by atoms with Crippen molar-refractivity contribution in [1.82, 2.24) is 15.2 Å². The van der Waals surface area contributed by atoms with Crippen molar-refractivity contribution >= 4 is 23.2 Å². The van der Waals surface area contributed by atoms with Gasteiger partial charge in [0.05, 0.1) is 24.8 Å². The standard InChI is InChI=1S/C19H23N3O3S/c1-25-10-9-22-12-15(7-8-17(22)23)18(24)20-11-16-13-26-19(21-16)14-5-3-2-4-6-14/h2-6,13,15H,7-12H2,1H3,(H,20,24)/t15-/m1/s1. The van der Waals surface area contributed by atoms with Crippen LogP contribution in [0.25, 0.3) is 10.6 Å². The average molecular weight is 373 g/mol. The molecular formula is C19H23N3O3S. The molecule has 0 aliphatic carbocycles. The van der Waals surface area contributed by atoms with E-state index in [0.29, 0.717) is 39.1 Å². The highest BCUT2D eigenvalue weighted by molar-refractivity contribution is 7.13. The Bertz CT molecular complexity index is 747. The van der Waals surface area contributed by atoms with E-state index in [1.807, 2.05) is 35.7 Å². The van der Waals surface area contributed by atoms with Crippen LogP contribution in [0.2, 0.25) is 0 Å². The number of nitrogens with one attached hydrogen (secondary N) is 1. The number of methoxy groups -OCH3 is 1. The largest absolute Gasteiger partial charge is 0.383 e. The summed E-state index contributed by atoms with van der Waals surface area (Å²) in [6, 6.07) is 9.99. The van der Waals surface area contributed by atoms with E-state index in [2.05, 4.69) is 10.3 Å². The fraction of sp³-hybridized carbons (Fsp3) is 0.421. The van der Waals surface area contributed by atoms with Gasteiger partial charge in [0.1, 0.15) is 5.01 Å². The fourth-order valence-corrected chi connectivity index (χ4v) is 3.80. The molecule has 1 aromatic heterocycles. The van der Waals surface area contributed by atoms with E-state index in [1.165, 1.54) is 0 Å². The summed E-state index contributed by atoms with van der Waals surface area (Å²) in [5, 5.41) is 5.88. The third-order valence-corrected chi connectivity index (χ3v) is 5.39. The van der Waals surface area contributed by atoms with Crippen LogP contribution < -0.4 is 5.32 Å². The van der Waals surface area contributed by atoms with Crippen LogP contribution in [-0.2, 0) is 20.9 Å². The molecule has 2 heterocycles. The molecule has 3 rings (SSSR count). The summed E-state index contributed by atoms with van der Waals surface area (Å²) in [5.74, 6) is -0.0935. The zero-order chi connectivity index (χ0) is 18.4. The maximum Gasteiger partial charge on any atom is 0.225 e. The van der Waals surface area contributed by atoms with Gasteiger partial charge in [0.15, 0.2) is 0 Å². The molecule has 0 unspecified atom stereocenters. The molecule has 0 saturated carbocycles. The highest BCUT2D eigenvalue weighted by atomic mass is 32.1. The number of carbonyl (C=O) groups is 2. The van der Waals surface area contributed by atoms with Crippen LogP contribution >= 0.6 is 11.3 Å². The zero-order valence-corrected chi connectivity index (χ0v) is 15.6. The molecular weight excluding hydrogens is 350 g/mol. The Morgan fingerprint density at radius 2 is 2.19 bits per heavy atom. The third kappa shape index (κ3) is 4.68. The van der Waals surface area contributed by atoms with E-state index in [0.717, 1.165) is 16.3 Å². The predicted octanol–water partition coefficient (Wildman–Crippen LogP) is 2.31. The molecule has 7 heteroatoms. The van der Waals surface area contributed by atoms with Crippen molar-refractivity contribution in [2.75, 3.05) is 26.8 Å². The van der Waals surface area contributed by atoms with Gasteiger partial charge in [-0.3, -0.25) is 9.59 Å². The Kier molecular flexibility index (Phi) is 6.35. The minimum atomic E-state index is -0.170. The van der Waals surface area contributed by atoms with Crippen molar-refractivity contribution < 1.29 is 14.3 Å². The number of benzene rings is 1. The van der Waals surface area contributed by atoms with Crippen molar-refractivity contribution in [1.29, 1.82) is 0 Å². The normalized spacial score (nSPS) is 17.3. The highest BCUT2D eigenvalue weighted by Crippen LogP contribution is 2.23. The van der Waals surface area contributed by atoms with Gasteiger partial charge in [0.2, 0.25) is 11.8 Å². The first-order chi connectivity index (χ1) is 12.7. The summed E-state index contributed by atoms with van der Waals surface area (Å²) in [6.45, 7) is 1.89. The number of hydrogen-bond acceptors (Lipinski definition) is 5. The van der Waals surface area contributed by atoms with Gasteiger partial charge in [-0.1, -0.05) is 30.3 Å². The molecule has 2 aromatic rings. The Morgan fingerprint density at radius 1 is 1.38 bits per heavy atom. The molecule has 1 fully saturated rings. The molecule has 0 bridgehead atoms. The number of amides is 2. The van der Waals surface area contributed by atoms with Crippen LogP contribution in [0.5, 0.6) is 0 Å². The van der Waals surface area contributed by atoms with E-state index >= 15 is 0 Å². The van der Waals surface area contributed by atoms with E-state index in [-0.39, 0.29) is 17.7 Å². The van der Waals surface area contributed by atoms with E-state index < -0.39 is 0 Å². The van der Waals surface area contributed by atoms with Gasteiger partial charge < -0.3 is 15.0 Å². The molecule has 1 aliphatic heterocycles. The third-order valence-electron chi connectivity index (χ3n) is 4.45. The lowest BCUT2D eigenvalue weighted by molar-refractivity contribution is -0.138. The van der Waals surface area contributed by atoms with Gasteiger partial charge >= 0.3 is 0 Å². The Labute approximate surface area is 157 Å². The first-order valence-corrected chi connectivity index (χ1v) is 9.59. The van der Waals surface area contributed by atoms with Crippen molar-refractivity contribution in [3.63, 3.8) is 0 Å². The molecule has 138 valence electrons. The lowest BCUT2D eigenvalue weighted by Gasteiger charge is -2.31. The minimum Gasteiger partial charge on any atom is -0.383 e. The van der Waals surface area contributed by atoms with Crippen LogP contribution in [-0.4, -0.2) is 48.5 Å². The summed E-state index contributed by atoms with van der Waals surface area (Å²) in [5.41, 5.74) is 1.93. The molecule has 1 aromatic carbocycles. The molecule has 1 aliphatic rings. The van der Waals surface area contributed by atoms with Crippen molar-refractivity contribution in [2.24, 2.45) is 5.92 Å². The van der Waals surface area contributed by atoms with E-state index in [1.54, 1.807) is 23.3 Å². The van der Waals surface area contributed by atoms with Crippen molar-refractivity contribution in [2.45, 2.75) is 19.4 Å². The van der Waals surface area contributed by atoms with E-state index in [9.17, 15) is 9.59 Å². The Morgan fingerprint density at radius 3 is 2.96 bits per heavy atom. The number of piperidine rings is 1. The number of carbonyl (C=O) groups excluding carboxylic acids is 2. The first kappa shape index (κ1) is 18.5. The summed E-state index contributed by atoms with van der Waals surface area (Å²) in [4.78, 5) is 30.7. The quantitative estimate of drug-likeness (QED) is 0.808. The molecule has 1 saturated heterocycles. The number of thiazole rings is 1. The molecule has 26 heavy (non-hydrogen) atoms. The molecule has 6 nitrogen and oxygen atoms in total. The second kappa shape index (κ2) is 8.91. The molecule has 1 N–H and O–H groups in total. The second-order valence-electron chi connectivity index (χ2n) is 6.30. The SMILES string of the molecule is COCCN1C[C@H](C(=O)NCc2csc(-c3ccccc3)n2)CCC1=O. The lowest BCUT2D eigenvalue weighted by Crippen LogP contribution is -2.46. The molecule has 0 radical (unpaired) electrons. The number of hydrogen-bond donors (Lipinski definition) is 1. The van der Waals surface area contributed by atoms with E-state index in [4.69, 9.17) is 4.74 Å². The fourth-order valence-electron chi connectivity index (χ4n) is 2.97. The lowest BCUT2D eigenvalue weighted by atomic mass is 9.96. The highest BCUT2D eigenvalue weighted by Gasteiger charge is 2.29. The number of aromatic nitrogens is 1. The maximum absolute atomic E-state index is 12.5. The monoisotopic (exact) mass is 373 g/mol. The van der Waals surface area contributed by atoms with Crippen molar-refractivity contribution in [3.8, 4) is 10.6 Å². The van der Waals surface area contributed by atoms with Gasteiger partial charge in [-0.05, 0) is 6.42 Å². The molecule has 0 spiro atoms. The van der Waals surface area contributed by atoms with Gasteiger partial charge in [-0.25, -0.2) is 4.98 Å². The van der Waals surface area contributed by atoms with Crippen LogP contribution in [0.3, 0.4) is 0 Å². The average Bonchev–Trinajstić information content (AvgIpc) is 3.15. The van der Waals surface area contributed by atoms with Crippen molar-refractivity contribution in [3.05, 3.63) is 41.4 Å². The number of ether oxygens (including phenoxy) is 1. The Balaban J connectivity index is 1.52. The van der Waals surface area contributed by atoms with Crippen LogP contribution in [0.15, 0.2) is 35.7 Å². The number of rotatable bonds is 7. The van der Waals surface area contributed by atoms with Crippen LogP contribution in [0, 0.1) is 5.92 Å². The predicted molar refractivity (Wildman–Crippen MR) is 101 cm³/mol. The minimum absolute atomic E-state index is 0.0193. The Hall–Kier alpha value is -2.25. The van der Waals surface area contributed by atoms with Gasteiger partial charge in [-0.2, -0.15) is 0 Å². The van der Waals surface area contributed by atoms with Gasteiger partial charge in [0.25, 0.3) is 0 Å². The van der Waals surface area contributed by atoms with Crippen LogP contribution in [0.4, 0.5) is 0 Å². The zero-order valence-electron chi connectivity index (χ0n) is 14.8. The summed E-state index contributed by atoms with van der Waals surface area (Å²) in [7, 11) is 1.61. The number of nitrogens with zero attached hydrogens (tertiary/aromatic N) is 2. The second-order valence-corrected chi connectivity index (χ2v) is 7.15. The molecule has 1 atom stereocenters. The first-order valence-electron chi connectivity index (χ1n) is 8.71. The smallest absolute Gasteiger partial charge is 0.225 e. The van der Waals surface area contributed by atoms with Crippen LogP contribution in [0.1, 0.15) is 18.5 Å². The summed E-state index contributed by atoms with van der Waals surface area (Å²) < 4.78 is 5.03. The maximum atomic E-state index is 12.5. The number of likely N-dealkylation sites (tertiary alicyclic amines) is 1. The van der Waals surface area contributed by atoms with Gasteiger partial charge in [-0.15, -0.1) is 11.3 Å². The molecule has 2 amide bonds.